The Morgan fingerprint density at radius 2 is 2.33 bits per heavy atom. The molecule has 0 aromatic carbocycles. The van der Waals surface area contributed by atoms with E-state index in [9.17, 15) is 4.79 Å². The highest BCUT2D eigenvalue weighted by Crippen LogP contribution is 2.12. The third-order valence-corrected chi connectivity index (χ3v) is 2.67. The number of rotatable bonds is 6. The van der Waals surface area contributed by atoms with Crippen molar-refractivity contribution >= 4 is 5.91 Å². The summed E-state index contributed by atoms with van der Waals surface area (Å²) in [5.74, 6) is 0.109. The number of amides is 1. The lowest BCUT2D eigenvalue weighted by atomic mass is 10.2. The first kappa shape index (κ1) is 12.5. The van der Waals surface area contributed by atoms with E-state index in [1.54, 1.807) is 0 Å². The second-order valence-electron chi connectivity index (χ2n) is 3.92. The SMILES string of the molecule is CCNC(=O)CN(CC)CC1CCCO1. The number of likely N-dealkylation sites (N-methyl/N-ethyl adjacent to an activating group) is 2. The van der Waals surface area contributed by atoms with Crippen LogP contribution in [0.3, 0.4) is 0 Å². The first-order valence-electron chi connectivity index (χ1n) is 5.87. The van der Waals surface area contributed by atoms with E-state index in [0.29, 0.717) is 19.2 Å². The average Bonchev–Trinajstić information content (AvgIpc) is 2.70. The first-order chi connectivity index (χ1) is 7.26. The van der Waals surface area contributed by atoms with Crippen LogP contribution in [-0.4, -0.2) is 49.7 Å². The number of nitrogens with one attached hydrogen (secondary N) is 1. The molecule has 0 aromatic rings. The van der Waals surface area contributed by atoms with Gasteiger partial charge in [-0.1, -0.05) is 6.92 Å². The molecule has 0 bridgehead atoms. The summed E-state index contributed by atoms with van der Waals surface area (Å²) < 4.78 is 5.55. The number of carbonyl (C=O) groups excluding carboxylic acids is 1. The van der Waals surface area contributed by atoms with Crippen LogP contribution in [0.4, 0.5) is 0 Å². The van der Waals surface area contributed by atoms with Crippen molar-refractivity contribution in [2.45, 2.75) is 32.8 Å². The van der Waals surface area contributed by atoms with Gasteiger partial charge in [-0.2, -0.15) is 0 Å². The zero-order chi connectivity index (χ0) is 11.1. The van der Waals surface area contributed by atoms with Gasteiger partial charge in [-0.15, -0.1) is 0 Å². The molecule has 0 radical (unpaired) electrons. The van der Waals surface area contributed by atoms with Gasteiger partial charge in [-0.05, 0) is 26.3 Å². The van der Waals surface area contributed by atoms with Gasteiger partial charge in [-0.3, -0.25) is 9.69 Å². The molecule has 4 heteroatoms. The van der Waals surface area contributed by atoms with Crippen molar-refractivity contribution in [1.82, 2.24) is 10.2 Å². The van der Waals surface area contributed by atoms with Crippen molar-refractivity contribution in [3.8, 4) is 0 Å². The van der Waals surface area contributed by atoms with Gasteiger partial charge in [0.1, 0.15) is 0 Å². The molecule has 1 N–H and O–H groups in total. The lowest BCUT2D eigenvalue weighted by Crippen LogP contribution is -2.40. The smallest absolute Gasteiger partial charge is 0.234 e. The Morgan fingerprint density at radius 1 is 1.53 bits per heavy atom. The molecular formula is C11H22N2O2. The first-order valence-corrected chi connectivity index (χ1v) is 5.87. The molecule has 15 heavy (non-hydrogen) atoms. The van der Waals surface area contributed by atoms with Crippen LogP contribution in [0.25, 0.3) is 0 Å². The fourth-order valence-electron chi connectivity index (χ4n) is 1.84. The summed E-state index contributed by atoms with van der Waals surface area (Å²) in [5.41, 5.74) is 0. The normalized spacial score (nSPS) is 20.9. The second-order valence-corrected chi connectivity index (χ2v) is 3.92. The van der Waals surface area contributed by atoms with Gasteiger partial charge in [0, 0.05) is 19.7 Å². The Labute approximate surface area is 92.0 Å². The largest absolute Gasteiger partial charge is 0.377 e. The monoisotopic (exact) mass is 214 g/mol. The van der Waals surface area contributed by atoms with E-state index in [2.05, 4.69) is 17.1 Å². The van der Waals surface area contributed by atoms with Crippen molar-refractivity contribution < 1.29 is 9.53 Å². The Balaban J connectivity index is 2.24. The van der Waals surface area contributed by atoms with E-state index in [4.69, 9.17) is 4.74 Å². The second kappa shape index (κ2) is 6.80. The van der Waals surface area contributed by atoms with Gasteiger partial charge >= 0.3 is 0 Å². The Morgan fingerprint density at radius 3 is 2.87 bits per heavy atom. The summed E-state index contributed by atoms with van der Waals surface area (Å²) in [6.07, 6.45) is 2.62. The van der Waals surface area contributed by atoms with Crippen molar-refractivity contribution in [2.24, 2.45) is 0 Å². The highest BCUT2D eigenvalue weighted by Gasteiger charge is 2.19. The molecule has 1 aliphatic heterocycles. The van der Waals surface area contributed by atoms with E-state index in [1.165, 1.54) is 0 Å². The van der Waals surface area contributed by atoms with Crippen LogP contribution in [0.5, 0.6) is 0 Å². The summed E-state index contributed by atoms with van der Waals surface area (Å²) in [6.45, 7) is 7.87. The molecule has 1 heterocycles. The van der Waals surface area contributed by atoms with Gasteiger partial charge in [0.2, 0.25) is 5.91 Å². The number of hydrogen-bond acceptors (Lipinski definition) is 3. The van der Waals surface area contributed by atoms with Gasteiger partial charge in [0.25, 0.3) is 0 Å². The summed E-state index contributed by atoms with van der Waals surface area (Å²) in [4.78, 5) is 13.5. The molecule has 88 valence electrons. The Hall–Kier alpha value is -0.610. The van der Waals surface area contributed by atoms with Crippen LogP contribution >= 0.6 is 0 Å². The fraction of sp³-hybridized carbons (Fsp3) is 0.909. The van der Waals surface area contributed by atoms with Gasteiger partial charge in [0.15, 0.2) is 0 Å². The maximum absolute atomic E-state index is 11.4. The van der Waals surface area contributed by atoms with Crippen LogP contribution in [0.1, 0.15) is 26.7 Å². The Bertz CT molecular complexity index is 191. The quantitative estimate of drug-likeness (QED) is 0.705. The Kier molecular flexibility index (Phi) is 5.65. The van der Waals surface area contributed by atoms with E-state index >= 15 is 0 Å². The minimum Gasteiger partial charge on any atom is -0.377 e. The minimum atomic E-state index is 0.109. The maximum Gasteiger partial charge on any atom is 0.234 e. The summed E-state index contributed by atoms with van der Waals surface area (Å²) in [7, 11) is 0. The van der Waals surface area contributed by atoms with E-state index in [0.717, 1.165) is 32.5 Å². The number of ether oxygens (including phenoxy) is 1. The lowest BCUT2D eigenvalue weighted by Gasteiger charge is -2.22. The highest BCUT2D eigenvalue weighted by atomic mass is 16.5. The number of hydrogen-bond donors (Lipinski definition) is 1. The lowest BCUT2D eigenvalue weighted by molar-refractivity contribution is -0.122. The van der Waals surface area contributed by atoms with Gasteiger partial charge in [0.05, 0.1) is 12.6 Å². The summed E-state index contributed by atoms with van der Waals surface area (Å²) >= 11 is 0. The number of carbonyl (C=O) groups is 1. The molecule has 1 saturated heterocycles. The molecule has 4 nitrogen and oxygen atoms in total. The zero-order valence-electron chi connectivity index (χ0n) is 9.79. The van der Waals surface area contributed by atoms with Crippen molar-refractivity contribution in [3.05, 3.63) is 0 Å². The van der Waals surface area contributed by atoms with E-state index in [-0.39, 0.29) is 5.91 Å². The third kappa shape index (κ3) is 4.62. The zero-order valence-corrected chi connectivity index (χ0v) is 9.79. The summed E-state index contributed by atoms with van der Waals surface area (Å²) in [5, 5.41) is 2.81. The third-order valence-electron chi connectivity index (χ3n) is 2.67. The average molecular weight is 214 g/mol. The standard InChI is InChI=1S/C11H22N2O2/c1-3-12-11(14)9-13(4-2)8-10-6-5-7-15-10/h10H,3-9H2,1-2H3,(H,12,14). The molecular weight excluding hydrogens is 192 g/mol. The van der Waals surface area contributed by atoms with Crippen LogP contribution < -0.4 is 5.32 Å². The van der Waals surface area contributed by atoms with Gasteiger partial charge in [-0.25, -0.2) is 0 Å². The van der Waals surface area contributed by atoms with Crippen molar-refractivity contribution in [2.75, 3.05) is 32.8 Å². The molecule has 1 rings (SSSR count). The van der Waals surface area contributed by atoms with E-state index < -0.39 is 0 Å². The summed E-state index contributed by atoms with van der Waals surface area (Å²) in [6, 6.07) is 0. The topological polar surface area (TPSA) is 41.6 Å². The molecule has 0 aliphatic carbocycles. The molecule has 1 fully saturated rings. The predicted octanol–water partition coefficient (Wildman–Crippen LogP) is 0.623. The van der Waals surface area contributed by atoms with E-state index in [1.807, 2.05) is 6.92 Å². The maximum atomic E-state index is 11.4. The van der Waals surface area contributed by atoms with Crippen LogP contribution in [-0.2, 0) is 9.53 Å². The molecule has 0 spiro atoms. The predicted molar refractivity (Wildman–Crippen MR) is 59.8 cm³/mol. The van der Waals surface area contributed by atoms with Crippen LogP contribution in [0, 0.1) is 0 Å². The molecule has 1 aliphatic rings. The molecule has 1 atom stereocenters. The molecule has 0 aromatic heterocycles. The van der Waals surface area contributed by atoms with Crippen LogP contribution in [0.2, 0.25) is 0 Å². The minimum absolute atomic E-state index is 0.109. The molecule has 1 amide bonds. The van der Waals surface area contributed by atoms with Crippen LogP contribution in [0.15, 0.2) is 0 Å². The highest BCUT2D eigenvalue weighted by molar-refractivity contribution is 5.77. The van der Waals surface area contributed by atoms with Crippen molar-refractivity contribution in [1.29, 1.82) is 0 Å². The van der Waals surface area contributed by atoms with Gasteiger partial charge < -0.3 is 10.1 Å². The molecule has 0 saturated carbocycles. The fourth-order valence-corrected chi connectivity index (χ4v) is 1.84. The number of nitrogens with zero attached hydrogens (tertiary/aromatic N) is 1. The van der Waals surface area contributed by atoms with Crippen molar-refractivity contribution in [3.63, 3.8) is 0 Å². The molecule has 1 unspecified atom stereocenters.